The second kappa shape index (κ2) is 7.48. The number of carbonyl (C=O) groups excluding carboxylic acids is 1. The van der Waals surface area contributed by atoms with Gasteiger partial charge in [-0.1, -0.05) is 12.1 Å². The number of anilines is 3. The molecule has 3 heterocycles. The van der Waals surface area contributed by atoms with Gasteiger partial charge in [-0.15, -0.1) is 0 Å². The van der Waals surface area contributed by atoms with E-state index in [2.05, 4.69) is 15.3 Å². The molecule has 2 aliphatic heterocycles. The molecule has 2 aliphatic rings. The van der Waals surface area contributed by atoms with Gasteiger partial charge in [0, 0.05) is 43.0 Å². The number of para-hydroxylation sites is 1. The highest BCUT2D eigenvalue weighted by atomic mass is 19.3. The standard InChI is InChI=1S/C24H24F2N4O/c1-14-22(31)10-16-5-3-7-20(23(16)28-14)30-8-4-6-15-9-18(17-12-27-29(2)13-17)19(24(25)26)11-21(15)30/h3,5,7,9,11-14,24,28H,4,6,8,10H2,1-2H3/t14-/m0/s1. The van der Waals surface area contributed by atoms with Crippen molar-refractivity contribution in [1.82, 2.24) is 9.78 Å². The summed E-state index contributed by atoms with van der Waals surface area (Å²) in [5, 5.41) is 7.49. The topological polar surface area (TPSA) is 50.2 Å². The number of hydrogen-bond acceptors (Lipinski definition) is 4. The molecule has 0 spiro atoms. The third-order valence-electron chi connectivity index (χ3n) is 6.25. The fourth-order valence-corrected chi connectivity index (χ4v) is 4.65. The predicted octanol–water partition coefficient (Wildman–Crippen LogP) is 5.03. The lowest BCUT2D eigenvalue weighted by molar-refractivity contribution is -0.119. The maximum Gasteiger partial charge on any atom is 0.264 e. The van der Waals surface area contributed by atoms with E-state index >= 15 is 0 Å². The second-order valence-corrected chi connectivity index (χ2v) is 8.35. The normalized spacial score (nSPS) is 18.0. The molecule has 5 rings (SSSR count). The Labute approximate surface area is 179 Å². The predicted molar refractivity (Wildman–Crippen MR) is 117 cm³/mol. The number of carbonyl (C=O) groups is 1. The van der Waals surface area contributed by atoms with Gasteiger partial charge in [-0.25, -0.2) is 8.78 Å². The number of fused-ring (bicyclic) bond motifs is 2. The molecule has 2 aromatic carbocycles. The minimum Gasteiger partial charge on any atom is -0.374 e. The molecule has 0 bridgehead atoms. The number of ketones is 1. The molecule has 5 nitrogen and oxygen atoms in total. The highest BCUT2D eigenvalue weighted by Gasteiger charge is 2.29. The number of alkyl halides is 2. The van der Waals surface area contributed by atoms with Crippen LogP contribution in [0.15, 0.2) is 42.7 Å². The Morgan fingerprint density at radius 3 is 2.77 bits per heavy atom. The van der Waals surface area contributed by atoms with Crippen LogP contribution in [0.5, 0.6) is 0 Å². The summed E-state index contributed by atoms with van der Waals surface area (Å²) in [6, 6.07) is 9.16. The summed E-state index contributed by atoms with van der Waals surface area (Å²) >= 11 is 0. The Balaban J connectivity index is 1.64. The highest BCUT2D eigenvalue weighted by Crippen LogP contribution is 2.44. The van der Waals surface area contributed by atoms with Crippen molar-refractivity contribution in [2.45, 2.75) is 38.7 Å². The van der Waals surface area contributed by atoms with E-state index in [1.807, 2.05) is 31.2 Å². The van der Waals surface area contributed by atoms with E-state index in [-0.39, 0.29) is 17.4 Å². The van der Waals surface area contributed by atoms with Crippen molar-refractivity contribution in [1.29, 1.82) is 0 Å². The Morgan fingerprint density at radius 2 is 2.03 bits per heavy atom. The molecular formula is C24H24F2N4O. The number of nitrogens with one attached hydrogen (secondary N) is 1. The van der Waals surface area contributed by atoms with Crippen molar-refractivity contribution in [3.8, 4) is 11.1 Å². The number of rotatable bonds is 3. The van der Waals surface area contributed by atoms with Crippen molar-refractivity contribution in [3.63, 3.8) is 0 Å². The molecule has 0 radical (unpaired) electrons. The summed E-state index contributed by atoms with van der Waals surface area (Å²) in [6.07, 6.45) is 2.95. The van der Waals surface area contributed by atoms with E-state index in [0.29, 0.717) is 17.5 Å². The Kier molecular flexibility index (Phi) is 4.76. The van der Waals surface area contributed by atoms with E-state index in [1.165, 1.54) is 0 Å². The monoisotopic (exact) mass is 422 g/mol. The second-order valence-electron chi connectivity index (χ2n) is 8.35. The fraction of sp³-hybridized carbons (Fsp3) is 0.333. The molecule has 1 atom stereocenters. The highest BCUT2D eigenvalue weighted by molar-refractivity contribution is 5.96. The molecule has 160 valence electrons. The molecule has 1 N–H and O–H groups in total. The van der Waals surface area contributed by atoms with Crippen LogP contribution in [0, 0.1) is 0 Å². The SMILES string of the molecule is C[C@@H]1Nc2c(cccc2N2CCCc3cc(-c4cnn(C)c4)c(C(F)F)cc32)CC1=O. The van der Waals surface area contributed by atoms with Gasteiger partial charge in [0.25, 0.3) is 6.43 Å². The van der Waals surface area contributed by atoms with Crippen LogP contribution in [0.4, 0.5) is 25.8 Å². The van der Waals surface area contributed by atoms with Crippen molar-refractivity contribution < 1.29 is 13.6 Å². The number of Topliss-reactive ketones (excluding diaryl/α,β-unsaturated/α-hetero) is 1. The quantitative estimate of drug-likeness (QED) is 0.643. The lowest BCUT2D eigenvalue weighted by Crippen LogP contribution is -2.34. The third-order valence-corrected chi connectivity index (χ3v) is 6.25. The molecule has 31 heavy (non-hydrogen) atoms. The van der Waals surface area contributed by atoms with Crippen LogP contribution in [0.3, 0.4) is 0 Å². The molecule has 0 saturated heterocycles. The smallest absolute Gasteiger partial charge is 0.264 e. The van der Waals surface area contributed by atoms with Gasteiger partial charge in [0.05, 0.1) is 23.6 Å². The third kappa shape index (κ3) is 3.38. The van der Waals surface area contributed by atoms with Gasteiger partial charge < -0.3 is 10.2 Å². The van der Waals surface area contributed by atoms with Crippen LogP contribution in [0.1, 0.15) is 36.5 Å². The summed E-state index contributed by atoms with van der Waals surface area (Å²) in [4.78, 5) is 14.3. The minimum absolute atomic E-state index is 0.0138. The van der Waals surface area contributed by atoms with Gasteiger partial charge in [0.2, 0.25) is 0 Å². The Hall–Kier alpha value is -3.22. The summed E-state index contributed by atoms with van der Waals surface area (Å²) < 4.78 is 29.8. The largest absolute Gasteiger partial charge is 0.374 e. The molecule has 0 aliphatic carbocycles. The van der Waals surface area contributed by atoms with Crippen LogP contribution in [-0.2, 0) is 24.7 Å². The molecule has 0 amide bonds. The average molecular weight is 422 g/mol. The van der Waals surface area contributed by atoms with Crippen molar-refractivity contribution in [2.24, 2.45) is 7.05 Å². The van der Waals surface area contributed by atoms with Gasteiger partial charge in [0.15, 0.2) is 5.78 Å². The van der Waals surface area contributed by atoms with E-state index in [9.17, 15) is 13.6 Å². The molecule has 0 fully saturated rings. The summed E-state index contributed by atoms with van der Waals surface area (Å²) in [5.74, 6) is 0.157. The van der Waals surface area contributed by atoms with Crippen LogP contribution < -0.4 is 10.2 Å². The molecule has 1 aromatic heterocycles. The van der Waals surface area contributed by atoms with Gasteiger partial charge in [-0.05, 0) is 54.7 Å². The zero-order valence-electron chi connectivity index (χ0n) is 17.5. The number of aryl methyl sites for hydroxylation is 2. The van der Waals surface area contributed by atoms with Gasteiger partial charge >= 0.3 is 0 Å². The maximum atomic E-state index is 14.1. The van der Waals surface area contributed by atoms with Crippen molar-refractivity contribution in [3.05, 3.63) is 59.4 Å². The first-order chi connectivity index (χ1) is 14.9. The van der Waals surface area contributed by atoms with E-state index in [1.54, 1.807) is 30.2 Å². The van der Waals surface area contributed by atoms with E-state index in [0.717, 1.165) is 47.6 Å². The first kappa shape index (κ1) is 19.7. The van der Waals surface area contributed by atoms with Crippen LogP contribution in [-0.4, -0.2) is 28.2 Å². The van der Waals surface area contributed by atoms with Crippen LogP contribution >= 0.6 is 0 Å². The number of aromatic nitrogens is 2. The average Bonchev–Trinajstić information content (AvgIpc) is 3.19. The molecule has 7 heteroatoms. The Bertz CT molecular complexity index is 1170. The van der Waals surface area contributed by atoms with Gasteiger partial charge in [0.1, 0.15) is 0 Å². The summed E-state index contributed by atoms with van der Waals surface area (Å²) in [5.41, 5.74) is 5.93. The lowest BCUT2D eigenvalue weighted by Gasteiger charge is -2.36. The minimum atomic E-state index is -2.59. The zero-order chi connectivity index (χ0) is 21.7. The lowest BCUT2D eigenvalue weighted by atomic mass is 9.91. The number of nitrogens with zero attached hydrogens (tertiary/aromatic N) is 3. The van der Waals surface area contributed by atoms with Crippen LogP contribution in [0.25, 0.3) is 11.1 Å². The first-order valence-corrected chi connectivity index (χ1v) is 10.5. The van der Waals surface area contributed by atoms with Crippen molar-refractivity contribution in [2.75, 3.05) is 16.8 Å². The first-order valence-electron chi connectivity index (χ1n) is 10.5. The summed E-state index contributed by atoms with van der Waals surface area (Å²) in [7, 11) is 1.78. The fourth-order valence-electron chi connectivity index (χ4n) is 4.65. The molecule has 3 aromatic rings. The van der Waals surface area contributed by atoms with E-state index in [4.69, 9.17) is 0 Å². The van der Waals surface area contributed by atoms with Crippen molar-refractivity contribution >= 4 is 22.8 Å². The maximum absolute atomic E-state index is 14.1. The Morgan fingerprint density at radius 1 is 1.19 bits per heavy atom. The van der Waals surface area contributed by atoms with Gasteiger partial charge in [-0.3, -0.25) is 9.48 Å². The molecule has 0 saturated carbocycles. The van der Waals surface area contributed by atoms with Gasteiger partial charge in [-0.2, -0.15) is 5.10 Å². The zero-order valence-corrected chi connectivity index (χ0v) is 17.5. The number of halogens is 2. The molecular weight excluding hydrogens is 398 g/mol. The molecule has 0 unspecified atom stereocenters. The van der Waals surface area contributed by atoms with E-state index < -0.39 is 6.43 Å². The summed E-state index contributed by atoms with van der Waals surface area (Å²) in [6.45, 7) is 2.60. The number of hydrogen-bond donors (Lipinski definition) is 1. The number of benzene rings is 2. The van der Waals surface area contributed by atoms with Crippen LogP contribution in [0.2, 0.25) is 0 Å².